The number of benzene rings is 1. The van der Waals surface area contributed by atoms with E-state index in [-0.39, 0.29) is 0 Å². The van der Waals surface area contributed by atoms with Gasteiger partial charge in [0, 0.05) is 23.9 Å². The van der Waals surface area contributed by atoms with Crippen LogP contribution in [0.3, 0.4) is 0 Å². The third kappa shape index (κ3) is 3.25. The highest BCUT2D eigenvalue weighted by Crippen LogP contribution is 2.28. The summed E-state index contributed by atoms with van der Waals surface area (Å²) >= 11 is 0. The van der Waals surface area contributed by atoms with Gasteiger partial charge in [-0.1, -0.05) is 43.5 Å². The number of fused-ring (bicyclic) bond motifs is 1. The molecule has 0 spiro atoms. The minimum Gasteiger partial charge on any atom is -0.444 e. The lowest BCUT2D eigenvalue weighted by Crippen LogP contribution is -2.13. The van der Waals surface area contributed by atoms with Crippen LogP contribution in [0.15, 0.2) is 59.9 Å². The van der Waals surface area contributed by atoms with Gasteiger partial charge in [-0.2, -0.15) is 0 Å². The van der Waals surface area contributed by atoms with E-state index in [0.717, 1.165) is 46.1 Å². The summed E-state index contributed by atoms with van der Waals surface area (Å²) in [6, 6.07) is 10.5. The largest absolute Gasteiger partial charge is 0.444 e. The Bertz CT molecular complexity index is 1030. The highest BCUT2D eigenvalue weighted by Gasteiger charge is 2.16. The molecule has 0 radical (unpaired) electrons. The minimum atomic E-state index is 0.765. The molecule has 1 aliphatic rings. The maximum Gasteiger partial charge on any atom is 0.181 e. The normalized spacial score (nSPS) is 15.4. The zero-order valence-corrected chi connectivity index (χ0v) is 15.2. The van der Waals surface area contributed by atoms with Crippen molar-refractivity contribution >= 4 is 11.2 Å². The molecule has 0 aliphatic heterocycles. The van der Waals surface area contributed by atoms with Gasteiger partial charge in [-0.15, -0.1) is 0 Å². The molecule has 3 aromatic heterocycles. The average molecular weight is 358 g/mol. The molecule has 0 bridgehead atoms. The van der Waals surface area contributed by atoms with E-state index in [4.69, 9.17) is 4.42 Å². The van der Waals surface area contributed by atoms with Gasteiger partial charge < -0.3 is 8.98 Å². The van der Waals surface area contributed by atoms with E-state index in [2.05, 4.69) is 49.9 Å². The van der Waals surface area contributed by atoms with Gasteiger partial charge in [0.2, 0.25) is 0 Å². The molecular formula is C22H22N4O. The van der Waals surface area contributed by atoms with Crippen LogP contribution in [0.5, 0.6) is 0 Å². The second kappa shape index (κ2) is 6.99. The third-order valence-electron chi connectivity index (χ3n) is 5.59. The molecule has 1 aliphatic carbocycles. The van der Waals surface area contributed by atoms with Crippen molar-refractivity contribution in [3.05, 3.63) is 55.4 Å². The molecule has 0 N–H and O–H groups in total. The lowest BCUT2D eigenvalue weighted by atomic mass is 9.89. The maximum absolute atomic E-state index is 5.37. The number of oxazole rings is 1. The van der Waals surface area contributed by atoms with Crippen LogP contribution in [0, 0.1) is 5.92 Å². The van der Waals surface area contributed by atoms with E-state index in [0.29, 0.717) is 0 Å². The second-order valence-corrected chi connectivity index (χ2v) is 7.41. The fraction of sp³-hybridized carbons (Fsp3) is 0.318. The van der Waals surface area contributed by atoms with Gasteiger partial charge in [0.15, 0.2) is 17.8 Å². The number of pyridine rings is 1. The highest BCUT2D eigenvalue weighted by atomic mass is 16.3. The summed E-state index contributed by atoms with van der Waals surface area (Å²) < 4.78 is 7.65. The molecule has 3 heterocycles. The van der Waals surface area contributed by atoms with Gasteiger partial charge in [-0.05, 0) is 30.4 Å². The van der Waals surface area contributed by atoms with E-state index in [1.165, 1.54) is 38.5 Å². The lowest BCUT2D eigenvalue weighted by Gasteiger charge is -2.22. The van der Waals surface area contributed by atoms with Crippen LogP contribution in [-0.4, -0.2) is 19.5 Å². The molecule has 1 fully saturated rings. The van der Waals surface area contributed by atoms with Gasteiger partial charge >= 0.3 is 0 Å². The van der Waals surface area contributed by atoms with E-state index in [1.54, 1.807) is 6.20 Å². The summed E-state index contributed by atoms with van der Waals surface area (Å²) in [5, 5.41) is 0. The molecule has 1 saturated carbocycles. The molecule has 0 amide bonds. The summed E-state index contributed by atoms with van der Waals surface area (Å²) in [7, 11) is 0. The van der Waals surface area contributed by atoms with Gasteiger partial charge in [-0.25, -0.2) is 15.0 Å². The molecule has 27 heavy (non-hydrogen) atoms. The number of nitrogens with zero attached hydrogens (tertiary/aromatic N) is 4. The molecule has 4 aromatic rings. The first-order valence-electron chi connectivity index (χ1n) is 9.67. The Morgan fingerprint density at radius 2 is 1.74 bits per heavy atom. The predicted octanol–water partition coefficient (Wildman–Crippen LogP) is 5.33. The van der Waals surface area contributed by atoms with Crippen molar-refractivity contribution in [2.45, 2.75) is 38.6 Å². The van der Waals surface area contributed by atoms with Crippen LogP contribution in [0.25, 0.3) is 33.6 Å². The quantitative estimate of drug-likeness (QED) is 0.494. The van der Waals surface area contributed by atoms with Crippen LogP contribution in [0.1, 0.15) is 32.1 Å². The summed E-state index contributed by atoms with van der Waals surface area (Å²) in [6.45, 7) is 1.05. The molecule has 5 rings (SSSR count). The summed E-state index contributed by atoms with van der Waals surface area (Å²) in [6.07, 6.45) is 13.8. The Morgan fingerprint density at radius 1 is 0.926 bits per heavy atom. The molecule has 136 valence electrons. The minimum absolute atomic E-state index is 0.765. The fourth-order valence-corrected chi connectivity index (χ4v) is 4.08. The third-order valence-corrected chi connectivity index (χ3v) is 5.59. The molecule has 1 aromatic carbocycles. The Kier molecular flexibility index (Phi) is 4.20. The summed E-state index contributed by atoms with van der Waals surface area (Å²) in [5.74, 6) is 1.54. The molecule has 5 heteroatoms. The van der Waals surface area contributed by atoms with Crippen LogP contribution in [0.4, 0.5) is 0 Å². The predicted molar refractivity (Wildman–Crippen MR) is 105 cm³/mol. The van der Waals surface area contributed by atoms with Crippen LogP contribution < -0.4 is 0 Å². The van der Waals surface area contributed by atoms with E-state index < -0.39 is 0 Å². The molecule has 0 atom stereocenters. The van der Waals surface area contributed by atoms with Crippen molar-refractivity contribution in [3.8, 4) is 22.5 Å². The molecule has 0 saturated heterocycles. The average Bonchev–Trinajstić information content (AvgIpc) is 3.39. The summed E-state index contributed by atoms with van der Waals surface area (Å²) in [4.78, 5) is 13.1. The van der Waals surface area contributed by atoms with Crippen molar-refractivity contribution in [2.75, 3.05) is 0 Å². The Morgan fingerprint density at radius 3 is 2.52 bits per heavy atom. The van der Waals surface area contributed by atoms with Crippen molar-refractivity contribution in [2.24, 2.45) is 5.92 Å². The van der Waals surface area contributed by atoms with Gasteiger partial charge in [0.1, 0.15) is 0 Å². The fourth-order valence-electron chi connectivity index (χ4n) is 4.08. The zero-order chi connectivity index (χ0) is 18.1. The van der Waals surface area contributed by atoms with E-state index in [9.17, 15) is 0 Å². The van der Waals surface area contributed by atoms with E-state index >= 15 is 0 Å². The second-order valence-electron chi connectivity index (χ2n) is 7.41. The Labute approximate surface area is 158 Å². The van der Waals surface area contributed by atoms with Crippen LogP contribution in [0.2, 0.25) is 0 Å². The Hall–Kier alpha value is -2.95. The molecule has 0 unspecified atom stereocenters. The van der Waals surface area contributed by atoms with Crippen molar-refractivity contribution < 1.29 is 4.42 Å². The number of aromatic nitrogens is 4. The maximum atomic E-state index is 5.37. The van der Waals surface area contributed by atoms with Gasteiger partial charge in [0.25, 0.3) is 0 Å². The molecular weight excluding hydrogens is 336 g/mol. The van der Waals surface area contributed by atoms with Crippen LogP contribution in [-0.2, 0) is 6.54 Å². The lowest BCUT2D eigenvalue weighted by molar-refractivity contribution is 0.322. The smallest absolute Gasteiger partial charge is 0.181 e. The van der Waals surface area contributed by atoms with E-state index in [1.807, 2.05) is 12.5 Å². The zero-order valence-electron chi connectivity index (χ0n) is 15.2. The van der Waals surface area contributed by atoms with Crippen molar-refractivity contribution in [3.63, 3.8) is 0 Å². The number of rotatable bonds is 4. The first kappa shape index (κ1) is 16.2. The summed E-state index contributed by atoms with van der Waals surface area (Å²) in [5.41, 5.74) is 5.22. The first-order chi connectivity index (χ1) is 13.4. The van der Waals surface area contributed by atoms with Crippen LogP contribution >= 0.6 is 0 Å². The van der Waals surface area contributed by atoms with Crippen molar-refractivity contribution in [1.82, 2.24) is 19.5 Å². The highest BCUT2D eigenvalue weighted by molar-refractivity contribution is 5.79. The first-order valence-corrected chi connectivity index (χ1v) is 9.67. The Balaban J connectivity index is 1.44. The number of imidazole rings is 1. The number of hydrogen-bond acceptors (Lipinski definition) is 4. The monoisotopic (exact) mass is 358 g/mol. The molecule has 5 nitrogen and oxygen atoms in total. The van der Waals surface area contributed by atoms with Crippen molar-refractivity contribution in [1.29, 1.82) is 0 Å². The van der Waals surface area contributed by atoms with Gasteiger partial charge in [0.05, 0.1) is 18.0 Å². The van der Waals surface area contributed by atoms with Gasteiger partial charge in [-0.3, -0.25) is 0 Å². The topological polar surface area (TPSA) is 56.7 Å². The SMILES string of the molecule is c1ncc(-c2ccc(-c3cnc4ncn(CC5CCCCC5)c4c3)cc2)o1. The number of hydrogen-bond donors (Lipinski definition) is 0. The standard InChI is InChI=1S/C22H22N4O/c1-2-4-16(5-3-1)13-26-14-25-22-20(26)10-19(11-24-22)17-6-8-18(9-7-17)21-12-23-15-27-21/h6-12,14-16H,1-5,13H2.